The van der Waals surface area contributed by atoms with Crippen LogP contribution in [-0.4, -0.2) is 7.05 Å². The van der Waals surface area contributed by atoms with E-state index >= 15 is 0 Å². The Morgan fingerprint density at radius 2 is 1.25 bits per heavy atom. The number of nitrogens with two attached hydrogens (primary N) is 1. The van der Waals surface area contributed by atoms with Gasteiger partial charge in [-0.1, -0.05) is 13.5 Å². The Hall–Kier alpha value is 0.600. The third-order valence-electron chi connectivity index (χ3n) is 0. The highest BCUT2D eigenvalue weighted by Crippen LogP contribution is 0.469. The Kier molecular flexibility index (Phi) is 394. The Morgan fingerprint density at radius 1 is 1.25 bits per heavy atom. The lowest BCUT2D eigenvalue weighted by molar-refractivity contribution is -0.000000712. The maximum absolute atomic E-state index is 4.50. The fraction of sp³-hybridized carbons (Fsp3) is 1.00. The van der Waals surface area contributed by atoms with Gasteiger partial charge in [0.05, 0.1) is 0 Å². The van der Waals surface area contributed by atoms with E-state index in [9.17, 15) is 0 Å². The van der Waals surface area contributed by atoms with E-state index in [1.54, 1.807) is 0 Å². The quantitative estimate of drug-likeness (QED) is 0.308. The number of rotatable bonds is 0. The van der Waals surface area contributed by atoms with E-state index in [1.807, 2.05) is 0 Å². The third-order valence-corrected chi connectivity index (χ3v) is 0. The third kappa shape index (κ3) is 18.5. The molecule has 0 bridgehead atoms. The van der Waals surface area contributed by atoms with Gasteiger partial charge < -0.3 is 18.1 Å². The first-order valence-electron chi connectivity index (χ1n) is 0.577. The molecule has 0 aliphatic carbocycles. The molecular formula is CH8ClNS. The summed E-state index contributed by atoms with van der Waals surface area (Å²) < 4.78 is 0. The van der Waals surface area contributed by atoms with Crippen LogP contribution in [0.25, 0.3) is 0 Å². The van der Waals surface area contributed by atoms with Crippen molar-refractivity contribution in [2.24, 2.45) is 5.73 Å². The minimum atomic E-state index is 0. The van der Waals surface area contributed by atoms with Gasteiger partial charge in [0.2, 0.25) is 0 Å². The van der Waals surface area contributed by atoms with E-state index in [1.165, 1.54) is 7.05 Å². The summed E-state index contributed by atoms with van der Waals surface area (Å²) in [5.74, 6) is 0. The molecule has 3 heteroatoms. The number of halogens is 1. The summed E-state index contributed by atoms with van der Waals surface area (Å²) in [4.78, 5) is 0. The molecule has 0 amide bonds. The molecule has 0 spiro atoms. The monoisotopic (exact) mass is 101 g/mol. The summed E-state index contributed by atoms with van der Waals surface area (Å²) in [5.41, 5.74) is 4.50. The molecule has 0 aliphatic rings. The van der Waals surface area contributed by atoms with Gasteiger partial charge in [-0.3, -0.25) is 0 Å². The van der Waals surface area contributed by atoms with E-state index in [-0.39, 0.29) is 25.9 Å². The molecule has 4 heavy (non-hydrogen) atoms. The highest BCUT2D eigenvalue weighted by molar-refractivity contribution is 7.37. The zero-order valence-electron chi connectivity index (χ0n) is 2.53. The van der Waals surface area contributed by atoms with Crippen LogP contribution in [0, 0.1) is 0 Å². The molecule has 2 N–H and O–H groups in total. The lowest BCUT2D eigenvalue weighted by Crippen LogP contribution is -3.00. The van der Waals surface area contributed by atoms with Gasteiger partial charge in [0, 0.05) is 0 Å². The second-order valence-electron chi connectivity index (χ2n) is 0. The van der Waals surface area contributed by atoms with Crippen molar-refractivity contribution in [3.05, 3.63) is 0 Å². The molecule has 0 rings (SSSR count). The Balaban J connectivity index is -0.00000000500. The van der Waals surface area contributed by atoms with E-state index in [2.05, 4.69) is 5.73 Å². The van der Waals surface area contributed by atoms with E-state index < -0.39 is 0 Å². The molecule has 0 aliphatic heterocycles. The van der Waals surface area contributed by atoms with E-state index in [0.29, 0.717) is 0 Å². The van der Waals surface area contributed by atoms with Crippen LogP contribution in [0.2, 0.25) is 0 Å². The van der Waals surface area contributed by atoms with Crippen LogP contribution in [0.3, 0.4) is 0 Å². The van der Waals surface area contributed by atoms with Gasteiger partial charge in [0.25, 0.3) is 0 Å². The molecule has 0 aromatic rings. The first-order valence-corrected chi connectivity index (χ1v) is 0.577. The standard InChI is InChI=1S/CH5N.ClH.H2S/c1-2;;/h2H2,1H3;1H;1H2. The Labute approximate surface area is 39.4 Å². The summed E-state index contributed by atoms with van der Waals surface area (Å²) in [6.07, 6.45) is 0. The average molecular weight is 102 g/mol. The minimum Gasteiger partial charge on any atom is -1.00 e. The molecule has 0 unspecified atom stereocenters. The predicted molar refractivity (Wildman–Crippen MR) is 21.7 cm³/mol. The molecule has 0 aromatic heterocycles. The van der Waals surface area contributed by atoms with Crippen LogP contribution in [0.4, 0.5) is 0 Å². The van der Waals surface area contributed by atoms with Crippen molar-refractivity contribution < 1.29 is 12.4 Å². The van der Waals surface area contributed by atoms with Crippen LogP contribution in [0.5, 0.6) is 0 Å². The van der Waals surface area contributed by atoms with Crippen molar-refractivity contribution in [1.82, 2.24) is 0 Å². The largest absolute Gasteiger partial charge is 1.00 e. The van der Waals surface area contributed by atoms with Crippen molar-refractivity contribution >= 4 is 13.5 Å². The van der Waals surface area contributed by atoms with Crippen LogP contribution < -0.4 is 18.1 Å². The molecule has 0 saturated carbocycles. The second kappa shape index (κ2) is 67.6. The molecule has 1 nitrogen and oxygen atoms in total. The van der Waals surface area contributed by atoms with Gasteiger partial charge in [-0.05, 0) is 7.05 Å². The number of hydrogen-bond acceptors (Lipinski definition) is 1. The molecule has 0 saturated heterocycles. The van der Waals surface area contributed by atoms with Crippen LogP contribution in [-0.2, 0) is 13.5 Å². The molecule has 0 radical (unpaired) electrons. The van der Waals surface area contributed by atoms with E-state index in [0.717, 1.165) is 0 Å². The Morgan fingerprint density at radius 3 is 1.25 bits per heavy atom. The van der Waals surface area contributed by atoms with Crippen LogP contribution >= 0.6 is 0 Å². The summed E-state index contributed by atoms with van der Waals surface area (Å²) in [7, 11) is 1.50. The Bertz CT molecular complexity index is 8.00. The second-order valence-corrected chi connectivity index (χ2v) is 0. The summed E-state index contributed by atoms with van der Waals surface area (Å²) in [5, 5.41) is 0. The maximum Gasteiger partial charge on any atom is -0.0195 e. The molecular weight excluding hydrogens is 93.5 g/mol. The highest BCUT2D eigenvalue weighted by atomic mass is 35.5. The molecule has 30 valence electrons. The van der Waals surface area contributed by atoms with Gasteiger partial charge in [0.1, 0.15) is 0 Å². The van der Waals surface area contributed by atoms with E-state index in [4.69, 9.17) is 0 Å². The summed E-state index contributed by atoms with van der Waals surface area (Å²) in [6, 6.07) is 0. The molecule has 0 aromatic carbocycles. The zero-order valence-corrected chi connectivity index (χ0v) is 4.44. The predicted octanol–water partition coefficient (Wildman–Crippen LogP) is -4.23. The first-order chi connectivity index (χ1) is 1.00. The SMILES string of the molecule is CN.[Cl-].[SH3+]. The topological polar surface area (TPSA) is 26.0 Å². The van der Waals surface area contributed by atoms with Gasteiger partial charge in [-0.25, -0.2) is 0 Å². The lowest BCUT2D eigenvalue weighted by Gasteiger charge is -1.19. The van der Waals surface area contributed by atoms with Crippen LogP contribution in [0.1, 0.15) is 0 Å². The normalized spacial score (nSPS) is 1.50. The first kappa shape index (κ1) is 23.3. The van der Waals surface area contributed by atoms with Crippen LogP contribution in [0.15, 0.2) is 0 Å². The minimum absolute atomic E-state index is 0. The fourth-order valence-electron chi connectivity index (χ4n) is 0. The molecule has 0 heterocycles. The smallest absolute Gasteiger partial charge is 0.0195 e. The highest BCUT2D eigenvalue weighted by Gasteiger charge is 0.836. The molecule has 0 atom stereocenters. The number of hydrogen-bond donors (Lipinski definition) is 1. The van der Waals surface area contributed by atoms with Gasteiger partial charge in [0.15, 0.2) is 0 Å². The van der Waals surface area contributed by atoms with Crippen molar-refractivity contribution in [3.63, 3.8) is 0 Å². The van der Waals surface area contributed by atoms with Crippen molar-refractivity contribution in [3.8, 4) is 0 Å². The zero-order chi connectivity index (χ0) is 2.00. The summed E-state index contributed by atoms with van der Waals surface area (Å²) >= 11 is 0. The maximum atomic E-state index is 4.50. The van der Waals surface area contributed by atoms with Crippen molar-refractivity contribution in [2.45, 2.75) is 0 Å². The lowest BCUT2D eigenvalue weighted by atomic mass is 11.6. The average Bonchev–Trinajstić information content (AvgIpc) is 1.00. The van der Waals surface area contributed by atoms with Gasteiger partial charge in [-0.2, -0.15) is 0 Å². The van der Waals surface area contributed by atoms with Gasteiger partial charge >= 0.3 is 0 Å². The molecule has 0 fully saturated rings. The van der Waals surface area contributed by atoms with Crippen molar-refractivity contribution in [2.75, 3.05) is 7.05 Å². The summed E-state index contributed by atoms with van der Waals surface area (Å²) in [6.45, 7) is 0. The fourth-order valence-corrected chi connectivity index (χ4v) is 0. The van der Waals surface area contributed by atoms with Gasteiger partial charge in [-0.15, -0.1) is 0 Å². The van der Waals surface area contributed by atoms with Crippen molar-refractivity contribution in [1.29, 1.82) is 0 Å².